The summed E-state index contributed by atoms with van der Waals surface area (Å²) in [6.45, 7) is 5.21. The molecule has 1 rings (SSSR count). The van der Waals surface area contributed by atoms with Gasteiger partial charge in [-0.1, -0.05) is 29.8 Å². The second-order valence-corrected chi connectivity index (χ2v) is 3.38. The summed E-state index contributed by atoms with van der Waals surface area (Å²) in [5.41, 5.74) is 0.202. The van der Waals surface area contributed by atoms with Crippen molar-refractivity contribution in [3.63, 3.8) is 0 Å². The lowest BCUT2D eigenvalue weighted by molar-refractivity contribution is -0.137. The van der Waals surface area contributed by atoms with Gasteiger partial charge in [-0.2, -0.15) is 13.2 Å². The molecule has 0 N–H and O–H groups in total. The van der Waals surface area contributed by atoms with Crippen molar-refractivity contribution in [3.8, 4) is 0 Å². The maximum Gasteiger partial charge on any atom is 0.417 e. The van der Waals surface area contributed by atoms with E-state index in [9.17, 15) is 13.2 Å². The van der Waals surface area contributed by atoms with Crippen molar-refractivity contribution < 1.29 is 13.2 Å². The Hall–Kier alpha value is -0.960. The van der Waals surface area contributed by atoms with E-state index >= 15 is 0 Å². The van der Waals surface area contributed by atoms with E-state index < -0.39 is 11.7 Å². The van der Waals surface area contributed by atoms with Gasteiger partial charge in [-0.25, -0.2) is 0 Å². The molecule has 76 valence electrons. The third kappa shape index (κ3) is 2.29. The lowest BCUT2D eigenvalue weighted by Crippen LogP contribution is -2.06. The highest BCUT2D eigenvalue weighted by Gasteiger charge is 2.33. The van der Waals surface area contributed by atoms with Crippen LogP contribution in [-0.4, -0.2) is 0 Å². The Balaban J connectivity index is 3.29. The van der Waals surface area contributed by atoms with Gasteiger partial charge in [0.05, 0.1) is 10.6 Å². The smallest absolute Gasteiger partial charge is 0.166 e. The van der Waals surface area contributed by atoms with Crippen molar-refractivity contribution in [3.05, 3.63) is 40.9 Å². The quantitative estimate of drug-likeness (QED) is 0.658. The fourth-order valence-corrected chi connectivity index (χ4v) is 1.23. The molecule has 0 amide bonds. The zero-order chi connectivity index (χ0) is 10.9. The van der Waals surface area contributed by atoms with E-state index in [1.54, 1.807) is 6.92 Å². The molecule has 0 radical (unpaired) electrons. The maximum atomic E-state index is 12.4. The second kappa shape index (κ2) is 3.65. The van der Waals surface area contributed by atoms with Gasteiger partial charge in [-0.05, 0) is 24.6 Å². The Bertz CT molecular complexity index is 366. The van der Waals surface area contributed by atoms with Gasteiger partial charge in [0.1, 0.15) is 0 Å². The monoisotopic (exact) mass is 220 g/mol. The highest BCUT2D eigenvalue weighted by Crippen LogP contribution is 2.35. The summed E-state index contributed by atoms with van der Waals surface area (Å²) in [6.07, 6.45) is -4.41. The van der Waals surface area contributed by atoms with Gasteiger partial charge in [-0.15, -0.1) is 0 Å². The van der Waals surface area contributed by atoms with Crippen LogP contribution in [0.3, 0.4) is 0 Å². The van der Waals surface area contributed by atoms with Gasteiger partial charge >= 0.3 is 6.18 Å². The summed E-state index contributed by atoms with van der Waals surface area (Å²) in [7, 11) is 0. The molecular formula is C10H8ClF3. The van der Waals surface area contributed by atoms with Crippen LogP contribution in [-0.2, 0) is 6.18 Å². The molecule has 0 atom stereocenters. The summed E-state index contributed by atoms with van der Waals surface area (Å²) in [4.78, 5) is 0. The second-order valence-electron chi connectivity index (χ2n) is 2.97. The first kappa shape index (κ1) is 11.1. The molecule has 0 heterocycles. The molecule has 4 heteroatoms. The molecule has 0 spiro atoms. The molecule has 0 aromatic heterocycles. The fraction of sp³-hybridized carbons (Fsp3) is 0.200. The minimum atomic E-state index is -4.41. The normalized spacial score (nSPS) is 11.5. The number of halogens is 4. The summed E-state index contributed by atoms with van der Waals surface area (Å²) in [5.74, 6) is 0. The summed E-state index contributed by atoms with van der Waals surface area (Å²) >= 11 is 5.44. The SMILES string of the molecule is C=C(C)c1ccc(Cl)c(C(F)(F)F)c1. The minimum absolute atomic E-state index is 0.289. The molecule has 0 saturated carbocycles. The van der Waals surface area contributed by atoms with Crippen LogP contribution in [0.5, 0.6) is 0 Å². The number of alkyl halides is 3. The van der Waals surface area contributed by atoms with E-state index in [0.717, 1.165) is 6.07 Å². The number of allylic oxidation sites excluding steroid dienone is 1. The molecule has 0 aliphatic carbocycles. The highest BCUT2D eigenvalue weighted by atomic mass is 35.5. The van der Waals surface area contributed by atoms with Crippen LogP contribution in [0.4, 0.5) is 13.2 Å². The number of rotatable bonds is 1. The average Bonchev–Trinajstić information content (AvgIpc) is 2.02. The molecule has 0 unspecified atom stereocenters. The predicted molar refractivity (Wildman–Crippen MR) is 51.2 cm³/mol. The molecule has 1 aromatic rings. The van der Waals surface area contributed by atoms with Crippen LogP contribution in [0, 0.1) is 0 Å². The van der Waals surface area contributed by atoms with Crippen LogP contribution in [0.15, 0.2) is 24.8 Å². The number of hydrogen-bond acceptors (Lipinski definition) is 0. The van der Waals surface area contributed by atoms with Gasteiger partial charge in [0.2, 0.25) is 0 Å². The van der Waals surface area contributed by atoms with Gasteiger partial charge in [0, 0.05) is 0 Å². The first-order chi connectivity index (χ1) is 6.32. The molecule has 0 bridgehead atoms. The molecule has 0 aliphatic heterocycles. The number of benzene rings is 1. The zero-order valence-corrected chi connectivity index (χ0v) is 8.21. The van der Waals surface area contributed by atoms with Crippen LogP contribution in [0.2, 0.25) is 5.02 Å². The lowest BCUT2D eigenvalue weighted by atomic mass is 10.1. The van der Waals surface area contributed by atoms with E-state index in [1.165, 1.54) is 12.1 Å². The Morgan fingerprint density at radius 3 is 2.36 bits per heavy atom. The molecule has 0 nitrogen and oxygen atoms in total. The minimum Gasteiger partial charge on any atom is -0.166 e. The van der Waals surface area contributed by atoms with E-state index in [1.807, 2.05) is 0 Å². The Morgan fingerprint density at radius 2 is 1.93 bits per heavy atom. The van der Waals surface area contributed by atoms with Crippen molar-refractivity contribution >= 4 is 17.2 Å². The van der Waals surface area contributed by atoms with Crippen LogP contribution in [0.1, 0.15) is 18.1 Å². The molecule has 0 aliphatic rings. The molecular weight excluding hydrogens is 213 g/mol. The van der Waals surface area contributed by atoms with Crippen molar-refractivity contribution in [2.75, 3.05) is 0 Å². The topological polar surface area (TPSA) is 0 Å². The third-order valence-corrected chi connectivity index (χ3v) is 2.09. The summed E-state index contributed by atoms with van der Waals surface area (Å²) in [6, 6.07) is 3.75. The average molecular weight is 221 g/mol. The van der Waals surface area contributed by atoms with E-state index in [2.05, 4.69) is 6.58 Å². The fourth-order valence-electron chi connectivity index (χ4n) is 1.01. The summed E-state index contributed by atoms with van der Waals surface area (Å²) < 4.78 is 37.1. The Kier molecular flexibility index (Phi) is 2.90. The Morgan fingerprint density at radius 1 is 1.36 bits per heavy atom. The van der Waals surface area contributed by atoms with E-state index in [4.69, 9.17) is 11.6 Å². The standard InChI is InChI=1S/C10H8ClF3/c1-6(2)7-3-4-9(11)8(5-7)10(12,13)14/h3-5H,1H2,2H3. The largest absolute Gasteiger partial charge is 0.417 e. The van der Waals surface area contributed by atoms with Gasteiger partial charge < -0.3 is 0 Å². The van der Waals surface area contributed by atoms with Gasteiger partial charge in [-0.3, -0.25) is 0 Å². The first-order valence-electron chi connectivity index (χ1n) is 3.85. The lowest BCUT2D eigenvalue weighted by Gasteiger charge is -2.10. The van der Waals surface area contributed by atoms with Crippen molar-refractivity contribution in [2.45, 2.75) is 13.1 Å². The van der Waals surface area contributed by atoms with E-state index in [0.29, 0.717) is 11.1 Å². The van der Waals surface area contributed by atoms with Crippen molar-refractivity contribution in [1.29, 1.82) is 0 Å². The van der Waals surface area contributed by atoms with Crippen LogP contribution >= 0.6 is 11.6 Å². The predicted octanol–water partition coefficient (Wildman–Crippen LogP) is 4.39. The number of hydrogen-bond donors (Lipinski definition) is 0. The molecule has 1 aromatic carbocycles. The maximum absolute atomic E-state index is 12.4. The van der Waals surface area contributed by atoms with Crippen LogP contribution < -0.4 is 0 Å². The molecule has 0 saturated heterocycles. The Labute approximate surface area is 85.0 Å². The van der Waals surface area contributed by atoms with Crippen LogP contribution in [0.25, 0.3) is 5.57 Å². The van der Waals surface area contributed by atoms with Gasteiger partial charge in [0.15, 0.2) is 0 Å². The molecule has 0 fully saturated rings. The first-order valence-corrected chi connectivity index (χ1v) is 4.23. The zero-order valence-electron chi connectivity index (χ0n) is 7.45. The third-order valence-electron chi connectivity index (χ3n) is 1.76. The molecule has 14 heavy (non-hydrogen) atoms. The van der Waals surface area contributed by atoms with Crippen molar-refractivity contribution in [2.24, 2.45) is 0 Å². The van der Waals surface area contributed by atoms with E-state index in [-0.39, 0.29) is 5.02 Å². The van der Waals surface area contributed by atoms with Gasteiger partial charge in [0.25, 0.3) is 0 Å². The summed E-state index contributed by atoms with van der Waals surface area (Å²) in [5, 5.41) is -0.289. The van der Waals surface area contributed by atoms with Crippen molar-refractivity contribution in [1.82, 2.24) is 0 Å². The highest BCUT2D eigenvalue weighted by molar-refractivity contribution is 6.31.